The van der Waals surface area contributed by atoms with Crippen LogP contribution in [0.5, 0.6) is 0 Å². The van der Waals surface area contributed by atoms with E-state index in [-0.39, 0.29) is 24.1 Å². The minimum Gasteiger partial charge on any atom is -0.348 e. The normalized spacial score (nSPS) is 17.3. The molecule has 0 radical (unpaired) electrons. The number of sulfonamides is 1. The van der Waals surface area contributed by atoms with E-state index in [2.05, 4.69) is 22.8 Å². The Morgan fingerprint density at radius 2 is 1.93 bits per heavy atom. The Morgan fingerprint density at radius 3 is 2.70 bits per heavy atom. The lowest BCUT2D eigenvalue weighted by atomic mass is 10.1. The number of amides is 1. The van der Waals surface area contributed by atoms with E-state index in [1.54, 1.807) is 24.3 Å². The number of hydrogen-bond acceptors (Lipinski definition) is 4. The summed E-state index contributed by atoms with van der Waals surface area (Å²) in [6.45, 7) is 2.67. The number of halogens is 1. The van der Waals surface area contributed by atoms with E-state index in [1.807, 2.05) is 6.07 Å². The summed E-state index contributed by atoms with van der Waals surface area (Å²) in [6.07, 6.45) is 0.617. The van der Waals surface area contributed by atoms with Crippen LogP contribution in [0, 0.1) is 0 Å². The lowest BCUT2D eigenvalue weighted by molar-refractivity contribution is 0.0951. The molecule has 2 aromatic carbocycles. The summed E-state index contributed by atoms with van der Waals surface area (Å²) in [5.74, 6) is -0.0431. The van der Waals surface area contributed by atoms with Crippen molar-refractivity contribution >= 4 is 34.0 Å². The van der Waals surface area contributed by atoms with E-state index in [0.29, 0.717) is 30.8 Å². The summed E-state index contributed by atoms with van der Waals surface area (Å²) in [5, 5.41) is 6.22. The summed E-state index contributed by atoms with van der Waals surface area (Å²) in [4.78, 5) is 12.5. The van der Waals surface area contributed by atoms with Crippen molar-refractivity contribution in [3.8, 4) is 0 Å². The molecule has 0 atom stereocenters. The first kappa shape index (κ1) is 19.7. The molecular weight excluding hydrogens is 386 g/mol. The van der Waals surface area contributed by atoms with Crippen molar-refractivity contribution in [3.63, 3.8) is 0 Å². The van der Waals surface area contributed by atoms with Crippen molar-refractivity contribution in [1.29, 1.82) is 0 Å². The molecule has 8 heteroatoms. The van der Waals surface area contributed by atoms with Crippen molar-refractivity contribution < 1.29 is 13.2 Å². The first-order valence-corrected chi connectivity index (χ1v) is 10.3. The van der Waals surface area contributed by atoms with E-state index < -0.39 is 10.0 Å². The van der Waals surface area contributed by atoms with Gasteiger partial charge in [0, 0.05) is 31.7 Å². The molecule has 4 rings (SSSR count). The van der Waals surface area contributed by atoms with Crippen LogP contribution in [-0.2, 0) is 29.7 Å². The predicted octanol–water partition coefficient (Wildman–Crippen LogP) is 2.18. The van der Waals surface area contributed by atoms with Crippen LogP contribution in [0.4, 0.5) is 5.69 Å². The van der Waals surface area contributed by atoms with Gasteiger partial charge in [0.05, 0.1) is 11.4 Å². The van der Waals surface area contributed by atoms with Crippen molar-refractivity contribution in [2.24, 2.45) is 0 Å². The minimum absolute atomic E-state index is 0. The van der Waals surface area contributed by atoms with Crippen LogP contribution < -0.4 is 14.9 Å². The van der Waals surface area contributed by atoms with Crippen LogP contribution in [0.2, 0.25) is 0 Å². The van der Waals surface area contributed by atoms with E-state index in [1.165, 1.54) is 15.4 Å². The largest absolute Gasteiger partial charge is 0.348 e. The van der Waals surface area contributed by atoms with Crippen LogP contribution >= 0.6 is 12.4 Å². The summed E-state index contributed by atoms with van der Waals surface area (Å²) < 4.78 is 25.5. The van der Waals surface area contributed by atoms with Crippen LogP contribution in [-0.4, -0.2) is 26.6 Å². The standard InChI is InChI=1S/C19H21N3O3S.ClH/c23-19(21-11-14-5-6-16-12-20-13-17(16)9-14)15-3-1-4-18(10-15)22-7-2-8-26(22,24)25;/h1,3-6,9-10,20H,2,7-8,11-13H2,(H,21,23);1H. The second-order valence-corrected chi connectivity index (χ2v) is 8.69. The molecule has 2 aliphatic heterocycles. The zero-order valence-electron chi connectivity index (χ0n) is 14.8. The molecule has 0 unspecified atom stereocenters. The van der Waals surface area contributed by atoms with E-state index in [9.17, 15) is 13.2 Å². The Kier molecular flexibility index (Phi) is 5.74. The Morgan fingerprint density at radius 1 is 1.11 bits per heavy atom. The van der Waals surface area contributed by atoms with Crippen molar-refractivity contribution in [1.82, 2.24) is 10.6 Å². The molecule has 0 aromatic heterocycles. The number of anilines is 1. The van der Waals surface area contributed by atoms with Gasteiger partial charge in [-0.25, -0.2) is 8.42 Å². The molecule has 1 amide bonds. The van der Waals surface area contributed by atoms with Crippen LogP contribution in [0.25, 0.3) is 0 Å². The number of rotatable bonds is 4. The van der Waals surface area contributed by atoms with Gasteiger partial charge in [0.15, 0.2) is 0 Å². The highest BCUT2D eigenvalue weighted by molar-refractivity contribution is 7.93. The highest BCUT2D eigenvalue weighted by atomic mass is 35.5. The van der Waals surface area contributed by atoms with Crippen LogP contribution in [0.1, 0.15) is 33.5 Å². The summed E-state index contributed by atoms with van der Waals surface area (Å²) in [7, 11) is -3.25. The van der Waals surface area contributed by atoms with Gasteiger partial charge >= 0.3 is 0 Å². The van der Waals surface area contributed by atoms with Gasteiger partial charge in [-0.15, -0.1) is 12.4 Å². The van der Waals surface area contributed by atoms with Crippen LogP contribution in [0.15, 0.2) is 42.5 Å². The topological polar surface area (TPSA) is 78.5 Å². The van der Waals surface area contributed by atoms with Gasteiger partial charge in [0.25, 0.3) is 5.91 Å². The fourth-order valence-electron chi connectivity index (χ4n) is 3.47. The molecule has 27 heavy (non-hydrogen) atoms. The molecule has 0 aliphatic carbocycles. The Bertz CT molecular complexity index is 962. The van der Waals surface area contributed by atoms with Crippen LogP contribution in [0.3, 0.4) is 0 Å². The van der Waals surface area contributed by atoms with Gasteiger partial charge in [-0.2, -0.15) is 0 Å². The smallest absolute Gasteiger partial charge is 0.251 e. The monoisotopic (exact) mass is 407 g/mol. The number of hydrogen-bond donors (Lipinski definition) is 2. The quantitative estimate of drug-likeness (QED) is 0.814. The summed E-state index contributed by atoms with van der Waals surface area (Å²) >= 11 is 0. The van der Waals surface area contributed by atoms with Crippen molar-refractivity contribution in [2.45, 2.75) is 26.1 Å². The number of nitrogens with one attached hydrogen (secondary N) is 2. The van der Waals surface area contributed by atoms with E-state index >= 15 is 0 Å². The zero-order chi connectivity index (χ0) is 18.1. The molecule has 2 heterocycles. The third kappa shape index (κ3) is 4.10. The van der Waals surface area contributed by atoms with Crippen molar-refractivity contribution in [3.05, 3.63) is 64.7 Å². The maximum absolute atomic E-state index is 12.5. The van der Waals surface area contributed by atoms with Crippen molar-refractivity contribution in [2.75, 3.05) is 16.6 Å². The second-order valence-electron chi connectivity index (χ2n) is 6.68. The van der Waals surface area contributed by atoms with Gasteiger partial charge in [-0.3, -0.25) is 9.10 Å². The van der Waals surface area contributed by atoms with Gasteiger partial charge in [0.2, 0.25) is 10.0 Å². The maximum Gasteiger partial charge on any atom is 0.251 e. The first-order valence-electron chi connectivity index (χ1n) is 8.73. The molecule has 2 N–H and O–H groups in total. The summed E-state index contributed by atoms with van der Waals surface area (Å²) in [5.41, 5.74) is 4.66. The fraction of sp³-hybridized carbons (Fsp3) is 0.316. The zero-order valence-corrected chi connectivity index (χ0v) is 16.4. The number of carbonyl (C=O) groups is 1. The molecule has 1 fully saturated rings. The molecule has 144 valence electrons. The number of benzene rings is 2. The van der Waals surface area contributed by atoms with E-state index in [0.717, 1.165) is 18.7 Å². The molecule has 1 saturated heterocycles. The predicted molar refractivity (Wildman–Crippen MR) is 108 cm³/mol. The highest BCUT2D eigenvalue weighted by Gasteiger charge is 2.28. The highest BCUT2D eigenvalue weighted by Crippen LogP contribution is 2.24. The minimum atomic E-state index is -3.25. The Balaban J connectivity index is 0.00000210. The van der Waals surface area contributed by atoms with Gasteiger partial charge in [0.1, 0.15) is 0 Å². The van der Waals surface area contributed by atoms with E-state index in [4.69, 9.17) is 0 Å². The fourth-order valence-corrected chi connectivity index (χ4v) is 5.03. The summed E-state index contributed by atoms with van der Waals surface area (Å²) in [6, 6.07) is 13.0. The third-order valence-corrected chi connectivity index (χ3v) is 6.72. The molecule has 2 aliphatic rings. The van der Waals surface area contributed by atoms with Gasteiger partial charge < -0.3 is 10.6 Å². The van der Waals surface area contributed by atoms with Gasteiger partial charge in [-0.05, 0) is 41.3 Å². The molecular formula is C19H22ClN3O3S. The maximum atomic E-state index is 12.5. The molecule has 0 bridgehead atoms. The average molecular weight is 408 g/mol. The van der Waals surface area contributed by atoms with Gasteiger partial charge in [-0.1, -0.05) is 24.3 Å². The number of carbonyl (C=O) groups excluding carboxylic acids is 1. The number of fused-ring (bicyclic) bond motifs is 1. The molecule has 6 nitrogen and oxygen atoms in total. The lowest BCUT2D eigenvalue weighted by Crippen LogP contribution is -2.26. The Hall–Kier alpha value is -2.09. The third-order valence-electron chi connectivity index (χ3n) is 4.85. The second kappa shape index (κ2) is 7.88. The SMILES string of the molecule is Cl.O=C(NCc1ccc2c(c1)CNC2)c1cccc(N2CCCS2(=O)=O)c1. The molecule has 0 saturated carbocycles. The average Bonchev–Trinajstić information content (AvgIpc) is 3.24. The lowest BCUT2D eigenvalue weighted by Gasteiger charge is -2.17. The first-order chi connectivity index (χ1) is 12.5. The molecule has 2 aromatic rings. The number of nitrogens with zero attached hydrogens (tertiary/aromatic N) is 1. The molecule has 0 spiro atoms. The Labute approximate surface area is 165 Å².